The summed E-state index contributed by atoms with van der Waals surface area (Å²) in [6, 6.07) is 0. The van der Waals surface area contributed by atoms with Gasteiger partial charge in [-0.3, -0.25) is 9.79 Å². The minimum absolute atomic E-state index is 0.134. The Morgan fingerprint density at radius 3 is 2.73 bits per heavy atom. The second-order valence-electron chi connectivity index (χ2n) is 4.86. The zero-order chi connectivity index (χ0) is 10.3. The molecule has 0 bridgehead atoms. The van der Waals surface area contributed by atoms with Crippen molar-refractivity contribution < 1.29 is 9.53 Å². The van der Waals surface area contributed by atoms with E-state index in [9.17, 15) is 4.79 Å². The van der Waals surface area contributed by atoms with Gasteiger partial charge in [0.1, 0.15) is 11.4 Å². The molecule has 4 heteroatoms. The molecule has 4 nitrogen and oxygen atoms in total. The molecule has 3 rings (SSSR count). The largest absolute Gasteiger partial charge is 0.381 e. The zero-order valence-electron chi connectivity index (χ0n) is 8.79. The standard InChI is InChI=1S/C11H16N2O2/c14-10-11(3-1-2-4-11)13-9(12-10)5-8-6-15-7-8/h8H,1-7H2,(H,12,13,14). The van der Waals surface area contributed by atoms with Gasteiger partial charge in [0, 0.05) is 12.3 Å². The van der Waals surface area contributed by atoms with Gasteiger partial charge < -0.3 is 10.1 Å². The number of rotatable bonds is 2. The number of amides is 1. The highest BCUT2D eigenvalue weighted by molar-refractivity contribution is 6.08. The Morgan fingerprint density at radius 1 is 1.40 bits per heavy atom. The van der Waals surface area contributed by atoms with Crippen LogP contribution in [0.1, 0.15) is 32.1 Å². The second-order valence-corrected chi connectivity index (χ2v) is 4.86. The Bertz CT molecular complexity index is 315. The van der Waals surface area contributed by atoms with E-state index in [0.29, 0.717) is 5.92 Å². The van der Waals surface area contributed by atoms with Gasteiger partial charge in [-0.25, -0.2) is 0 Å². The van der Waals surface area contributed by atoms with Crippen LogP contribution in [-0.4, -0.2) is 30.5 Å². The minimum Gasteiger partial charge on any atom is -0.381 e. The fourth-order valence-electron chi connectivity index (χ4n) is 2.66. The summed E-state index contributed by atoms with van der Waals surface area (Å²) in [7, 11) is 0. The molecule has 2 fully saturated rings. The molecule has 0 aromatic heterocycles. The average Bonchev–Trinajstić information content (AvgIpc) is 2.71. The number of carbonyl (C=O) groups is 1. The Morgan fingerprint density at radius 2 is 2.13 bits per heavy atom. The van der Waals surface area contributed by atoms with E-state index < -0.39 is 0 Å². The van der Waals surface area contributed by atoms with E-state index in [1.54, 1.807) is 0 Å². The van der Waals surface area contributed by atoms with Crippen molar-refractivity contribution in [2.45, 2.75) is 37.6 Å². The van der Waals surface area contributed by atoms with Crippen molar-refractivity contribution in [2.24, 2.45) is 10.9 Å². The predicted molar refractivity (Wildman–Crippen MR) is 55.7 cm³/mol. The van der Waals surface area contributed by atoms with E-state index in [1.807, 2.05) is 0 Å². The summed E-state index contributed by atoms with van der Waals surface area (Å²) in [6.45, 7) is 1.64. The molecule has 3 aliphatic rings. The number of nitrogens with zero attached hydrogens (tertiary/aromatic N) is 1. The maximum atomic E-state index is 11.8. The van der Waals surface area contributed by atoms with Crippen molar-refractivity contribution in [1.82, 2.24) is 5.32 Å². The van der Waals surface area contributed by atoms with Gasteiger partial charge in [-0.05, 0) is 12.8 Å². The summed E-state index contributed by atoms with van der Waals surface area (Å²) in [5.74, 6) is 1.60. The quantitative estimate of drug-likeness (QED) is 0.732. The van der Waals surface area contributed by atoms with Crippen LogP contribution in [0.15, 0.2) is 4.99 Å². The zero-order valence-corrected chi connectivity index (χ0v) is 8.79. The van der Waals surface area contributed by atoms with Crippen LogP contribution in [0, 0.1) is 5.92 Å². The topological polar surface area (TPSA) is 50.7 Å². The lowest BCUT2D eigenvalue weighted by molar-refractivity contribution is -0.123. The number of nitrogens with one attached hydrogen (secondary N) is 1. The Hall–Kier alpha value is -0.900. The van der Waals surface area contributed by atoms with Crippen LogP contribution in [0.25, 0.3) is 0 Å². The van der Waals surface area contributed by atoms with Gasteiger partial charge in [-0.2, -0.15) is 0 Å². The fraction of sp³-hybridized carbons (Fsp3) is 0.818. The molecule has 0 aromatic carbocycles. The summed E-state index contributed by atoms with van der Waals surface area (Å²) >= 11 is 0. The van der Waals surface area contributed by atoms with Crippen LogP contribution in [0.4, 0.5) is 0 Å². The Balaban J connectivity index is 1.72. The molecule has 82 valence electrons. The lowest BCUT2D eigenvalue weighted by Gasteiger charge is -2.25. The van der Waals surface area contributed by atoms with Gasteiger partial charge in [-0.15, -0.1) is 0 Å². The first-order chi connectivity index (χ1) is 7.28. The molecular formula is C11H16N2O2. The monoisotopic (exact) mass is 208 g/mol. The van der Waals surface area contributed by atoms with Crippen LogP contribution in [-0.2, 0) is 9.53 Å². The first kappa shape index (κ1) is 9.33. The smallest absolute Gasteiger partial charge is 0.253 e. The minimum atomic E-state index is -0.375. The number of hydrogen-bond acceptors (Lipinski definition) is 3. The summed E-state index contributed by atoms with van der Waals surface area (Å²) in [5.41, 5.74) is -0.375. The maximum absolute atomic E-state index is 11.8. The van der Waals surface area contributed by atoms with Gasteiger partial charge in [0.2, 0.25) is 0 Å². The molecule has 1 N–H and O–H groups in total. The van der Waals surface area contributed by atoms with E-state index >= 15 is 0 Å². The molecule has 0 atom stereocenters. The number of hydrogen-bond donors (Lipinski definition) is 1. The molecule has 1 spiro atoms. The van der Waals surface area contributed by atoms with Crippen molar-refractivity contribution in [1.29, 1.82) is 0 Å². The molecule has 1 saturated carbocycles. The van der Waals surface area contributed by atoms with E-state index in [-0.39, 0.29) is 11.4 Å². The van der Waals surface area contributed by atoms with Gasteiger partial charge >= 0.3 is 0 Å². The highest BCUT2D eigenvalue weighted by atomic mass is 16.5. The van der Waals surface area contributed by atoms with Crippen molar-refractivity contribution in [3.05, 3.63) is 0 Å². The van der Waals surface area contributed by atoms with E-state index in [1.165, 1.54) is 0 Å². The Labute approximate surface area is 89.1 Å². The van der Waals surface area contributed by atoms with Crippen molar-refractivity contribution in [3.8, 4) is 0 Å². The van der Waals surface area contributed by atoms with Crippen molar-refractivity contribution in [2.75, 3.05) is 13.2 Å². The van der Waals surface area contributed by atoms with Crippen molar-refractivity contribution >= 4 is 11.7 Å². The molecule has 0 unspecified atom stereocenters. The first-order valence-electron chi connectivity index (χ1n) is 5.76. The van der Waals surface area contributed by atoms with Gasteiger partial charge in [0.05, 0.1) is 13.2 Å². The van der Waals surface area contributed by atoms with Crippen LogP contribution < -0.4 is 5.32 Å². The third-order valence-electron chi connectivity index (χ3n) is 3.65. The molecule has 2 aliphatic heterocycles. The average molecular weight is 208 g/mol. The highest BCUT2D eigenvalue weighted by Crippen LogP contribution is 2.36. The summed E-state index contributed by atoms with van der Waals surface area (Å²) in [4.78, 5) is 16.5. The van der Waals surface area contributed by atoms with Crippen molar-refractivity contribution in [3.63, 3.8) is 0 Å². The lowest BCUT2D eigenvalue weighted by Crippen LogP contribution is -2.38. The predicted octanol–water partition coefficient (Wildman–Crippen LogP) is 0.864. The molecular weight excluding hydrogens is 192 g/mol. The molecule has 0 aromatic rings. The Kier molecular flexibility index (Phi) is 2.06. The SMILES string of the molecule is O=C1NC(CC2COC2)=NC12CCCC2. The molecule has 2 heterocycles. The van der Waals surface area contributed by atoms with Crippen LogP contribution in [0.3, 0.4) is 0 Å². The second kappa shape index (κ2) is 3.30. The van der Waals surface area contributed by atoms with Gasteiger partial charge in [-0.1, -0.05) is 12.8 Å². The van der Waals surface area contributed by atoms with E-state index in [4.69, 9.17) is 4.74 Å². The summed E-state index contributed by atoms with van der Waals surface area (Å²) in [5, 5.41) is 2.94. The summed E-state index contributed by atoms with van der Waals surface area (Å²) < 4.78 is 5.12. The number of carbonyl (C=O) groups excluding carboxylic acids is 1. The molecule has 1 aliphatic carbocycles. The highest BCUT2D eigenvalue weighted by Gasteiger charge is 2.45. The molecule has 1 saturated heterocycles. The normalized spacial score (nSPS) is 29.1. The van der Waals surface area contributed by atoms with Crippen LogP contribution >= 0.6 is 0 Å². The molecule has 0 radical (unpaired) electrons. The fourth-order valence-corrected chi connectivity index (χ4v) is 2.66. The van der Waals surface area contributed by atoms with Crippen LogP contribution in [0.2, 0.25) is 0 Å². The first-order valence-corrected chi connectivity index (χ1v) is 5.76. The van der Waals surface area contributed by atoms with E-state index in [0.717, 1.165) is 51.2 Å². The van der Waals surface area contributed by atoms with Gasteiger partial charge in [0.15, 0.2) is 0 Å². The molecule has 1 amide bonds. The number of ether oxygens (including phenoxy) is 1. The number of amidine groups is 1. The van der Waals surface area contributed by atoms with Crippen LogP contribution in [0.5, 0.6) is 0 Å². The van der Waals surface area contributed by atoms with Gasteiger partial charge in [0.25, 0.3) is 5.91 Å². The lowest BCUT2D eigenvalue weighted by atomic mass is 9.99. The maximum Gasteiger partial charge on any atom is 0.253 e. The molecule has 15 heavy (non-hydrogen) atoms. The summed E-state index contributed by atoms with van der Waals surface area (Å²) in [6.07, 6.45) is 5.02. The van der Waals surface area contributed by atoms with E-state index in [2.05, 4.69) is 10.3 Å². The number of aliphatic imine (C=N–C) groups is 1. The third-order valence-corrected chi connectivity index (χ3v) is 3.65. The third kappa shape index (κ3) is 1.47.